The summed E-state index contributed by atoms with van der Waals surface area (Å²) in [5.74, 6) is -0.566. The first-order valence-electron chi connectivity index (χ1n) is 25.7. The molecule has 6 aliphatic rings. The normalized spacial score (nSPS) is 23.1. The largest absolute Gasteiger partial charge is 0.476 e. The molecule has 1 aliphatic carbocycles. The number of rotatable bonds is 10. The molecule has 0 unspecified atom stereocenters. The summed E-state index contributed by atoms with van der Waals surface area (Å²) in [6.45, 7) is 12.2. The van der Waals surface area contributed by atoms with E-state index >= 15 is 4.39 Å². The number of amides is 1. The van der Waals surface area contributed by atoms with Crippen LogP contribution in [0.15, 0.2) is 83.5 Å². The van der Waals surface area contributed by atoms with E-state index in [1.807, 2.05) is 41.3 Å². The first kappa shape index (κ1) is 51.1. The second-order valence-corrected chi connectivity index (χ2v) is 23.8. The Morgan fingerprint density at radius 3 is 2.50 bits per heavy atom. The molecular formula is C54H63Cl2FN8O8S. The van der Waals surface area contributed by atoms with Crippen LogP contribution in [0.3, 0.4) is 0 Å². The number of piperidine rings is 1. The number of carbonyl (C=O) groups excluding carboxylic acids is 1. The van der Waals surface area contributed by atoms with Crippen molar-refractivity contribution in [2.45, 2.75) is 81.1 Å². The van der Waals surface area contributed by atoms with Crippen molar-refractivity contribution < 1.29 is 41.3 Å². The highest BCUT2D eigenvalue weighted by Gasteiger charge is 2.41. The molecule has 5 aromatic rings. The standard InChI is InChI=1S/C54H63Cl2FN8O8S/c1-53(2)26-43(35-5-7-37(55)8-6-35)44-30-64-19-18-63(29-39(64)31-69-20-4-22-71-48(44)27-53)38-9-10-42(46(24-38)65-15-3-21-72-52-47(65)23-36-11-14-58-49(36)60-52)50(66)61-74(67,68)41-25-45(56)51(59-28-41)73-34-54(57)12-16-62(17-13-54)40-32-70-33-40/h5-11,14,23-25,28,39-40,48H,3-4,12-13,15-22,26-27,29-34H2,1-2H3,(H,58,60)(H,61,66)/t39-,48+/m0/s1. The second kappa shape index (κ2) is 21.2. The summed E-state index contributed by atoms with van der Waals surface area (Å²) >= 11 is 12.9. The maximum Gasteiger partial charge on any atom is 0.267 e. The number of anilines is 3. The third-order valence-corrected chi connectivity index (χ3v) is 17.3. The Labute approximate surface area is 441 Å². The molecule has 2 aromatic carbocycles. The summed E-state index contributed by atoms with van der Waals surface area (Å²) in [6.07, 6.45) is 6.62. The minimum atomic E-state index is -4.54. The Bertz CT molecular complexity index is 3020. The Morgan fingerprint density at radius 1 is 0.905 bits per heavy atom. The summed E-state index contributed by atoms with van der Waals surface area (Å²) < 4.78 is 76.6. The molecule has 0 radical (unpaired) electrons. The van der Waals surface area contributed by atoms with Gasteiger partial charge in [-0.05, 0) is 109 Å². The van der Waals surface area contributed by atoms with Gasteiger partial charge in [-0.2, -0.15) is 4.98 Å². The monoisotopic (exact) mass is 1070 g/mol. The van der Waals surface area contributed by atoms with Crippen LogP contribution in [0.2, 0.25) is 10.0 Å². The zero-order chi connectivity index (χ0) is 51.2. The van der Waals surface area contributed by atoms with Crippen LogP contribution in [0.4, 0.5) is 21.5 Å². The number of hydrogen-bond acceptors (Lipinski definition) is 14. The van der Waals surface area contributed by atoms with Gasteiger partial charge in [0.1, 0.15) is 33.5 Å². The number of halogens is 3. The number of H-pyrrole nitrogens is 1. The summed E-state index contributed by atoms with van der Waals surface area (Å²) in [7, 11) is -4.54. The van der Waals surface area contributed by atoms with Crippen LogP contribution in [0.5, 0.6) is 11.8 Å². The minimum absolute atomic E-state index is 0.0208. The van der Waals surface area contributed by atoms with Crippen LogP contribution in [-0.2, 0) is 24.2 Å². The summed E-state index contributed by atoms with van der Waals surface area (Å²) in [5.41, 5.74) is 5.01. The quantitative estimate of drug-likeness (QED) is 0.137. The maximum absolute atomic E-state index is 15.8. The predicted molar refractivity (Wildman–Crippen MR) is 282 cm³/mol. The predicted octanol–water partition coefficient (Wildman–Crippen LogP) is 8.46. The average Bonchev–Trinajstić information content (AvgIpc) is 3.71. The zero-order valence-electron chi connectivity index (χ0n) is 41.8. The third kappa shape index (κ3) is 11.0. The van der Waals surface area contributed by atoms with E-state index in [0.717, 1.165) is 55.7 Å². The van der Waals surface area contributed by atoms with E-state index in [1.165, 1.54) is 16.7 Å². The van der Waals surface area contributed by atoms with Crippen LogP contribution < -0.4 is 24.0 Å². The van der Waals surface area contributed by atoms with Crippen molar-refractivity contribution in [1.82, 2.24) is 29.5 Å². The number of aromatic nitrogens is 3. The maximum atomic E-state index is 15.8. The Kier molecular flexibility index (Phi) is 14.6. The van der Waals surface area contributed by atoms with Crippen LogP contribution in [0.25, 0.3) is 16.6 Å². The first-order valence-corrected chi connectivity index (χ1v) is 28.0. The van der Waals surface area contributed by atoms with Crippen LogP contribution in [0.1, 0.15) is 68.3 Å². The molecule has 74 heavy (non-hydrogen) atoms. The number of carbonyl (C=O) groups is 1. The molecular weight excluding hydrogens is 1010 g/mol. The van der Waals surface area contributed by atoms with Gasteiger partial charge in [-0.25, -0.2) is 22.5 Å². The lowest BCUT2D eigenvalue weighted by molar-refractivity contribution is -0.0892. The van der Waals surface area contributed by atoms with Crippen molar-refractivity contribution in [3.63, 3.8) is 0 Å². The van der Waals surface area contributed by atoms with Crippen molar-refractivity contribution in [2.24, 2.45) is 5.41 Å². The molecule has 2 N–H and O–H groups in total. The van der Waals surface area contributed by atoms with Gasteiger partial charge in [0, 0.05) is 81.3 Å². The van der Waals surface area contributed by atoms with Gasteiger partial charge >= 0.3 is 0 Å². The number of nitrogens with zero attached hydrogens (tertiary/aromatic N) is 6. The van der Waals surface area contributed by atoms with Crippen LogP contribution >= 0.6 is 23.2 Å². The van der Waals surface area contributed by atoms with E-state index in [4.69, 9.17) is 51.9 Å². The number of sulfonamides is 1. The highest BCUT2D eigenvalue weighted by Crippen LogP contribution is 2.46. The van der Waals surface area contributed by atoms with Gasteiger partial charge in [0.2, 0.25) is 11.8 Å². The fourth-order valence-electron chi connectivity index (χ4n) is 11.2. The van der Waals surface area contributed by atoms with Crippen molar-refractivity contribution in [3.05, 3.63) is 99.8 Å². The van der Waals surface area contributed by atoms with E-state index in [-0.39, 0.29) is 58.4 Å². The van der Waals surface area contributed by atoms with E-state index in [2.05, 4.69) is 55.4 Å². The lowest BCUT2D eigenvalue weighted by Crippen LogP contribution is -2.56. The topological polar surface area (TPSA) is 164 Å². The number of benzene rings is 2. The van der Waals surface area contributed by atoms with Gasteiger partial charge in [-0.15, -0.1) is 0 Å². The molecule has 5 aliphatic heterocycles. The molecule has 394 valence electrons. The van der Waals surface area contributed by atoms with E-state index in [1.54, 1.807) is 12.3 Å². The molecule has 4 saturated heterocycles. The first-order chi connectivity index (χ1) is 35.7. The third-order valence-electron chi connectivity index (χ3n) is 15.4. The number of ether oxygens (including phenoxy) is 5. The summed E-state index contributed by atoms with van der Waals surface area (Å²) in [4.78, 5) is 35.4. The molecule has 20 heteroatoms. The van der Waals surface area contributed by atoms with Gasteiger partial charge in [0.05, 0.1) is 62.1 Å². The van der Waals surface area contributed by atoms with Crippen molar-refractivity contribution in [1.29, 1.82) is 0 Å². The van der Waals surface area contributed by atoms with Crippen molar-refractivity contribution in [2.75, 3.05) is 102 Å². The fraction of sp³-hybridized carbons (Fsp3) is 0.500. The lowest BCUT2D eigenvalue weighted by Gasteiger charge is -2.45. The van der Waals surface area contributed by atoms with Gasteiger partial charge in [0.25, 0.3) is 15.9 Å². The molecule has 4 fully saturated rings. The number of alkyl halides is 1. The van der Waals surface area contributed by atoms with Gasteiger partial charge in [-0.3, -0.25) is 14.6 Å². The number of hydrogen-bond donors (Lipinski definition) is 2. The van der Waals surface area contributed by atoms with Crippen molar-refractivity contribution >= 4 is 72.8 Å². The van der Waals surface area contributed by atoms with Crippen LogP contribution in [-0.4, -0.2) is 155 Å². The highest BCUT2D eigenvalue weighted by molar-refractivity contribution is 7.90. The number of fused-ring (bicyclic) bond motifs is 4. The second-order valence-electron chi connectivity index (χ2n) is 21.3. The van der Waals surface area contributed by atoms with Crippen molar-refractivity contribution in [3.8, 4) is 11.8 Å². The molecule has 11 rings (SSSR count). The number of allylic oxidation sites excluding steroid dienone is 1. The Morgan fingerprint density at radius 2 is 1.72 bits per heavy atom. The number of pyridine rings is 2. The number of aromatic amines is 1. The molecule has 16 nitrogen and oxygen atoms in total. The van der Waals surface area contributed by atoms with E-state index < -0.39 is 21.6 Å². The number of likely N-dealkylation sites (tertiary alicyclic amines) is 1. The SMILES string of the molecule is CC1(C)CC(c2ccc(Cl)cc2)=C2CN3CCN(c4ccc(C(=O)NS(=O)(=O)c5cnc(OCC6(F)CCN(C7COC7)CC6)c(Cl)c5)c(N5CCCOc6nc7[nH]ccc7cc65)c4)C[C@H]3COCCCO[C@@H]2C1. The summed E-state index contributed by atoms with van der Waals surface area (Å²) in [5, 5.41) is 1.42. The number of nitrogens with one attached hydrogen (secondary N) is 2. The highest BCUT2D eigenvalue weighted by atomic mass is 35.5. The number of piperazine rings is 1. The lowest BCUT2D eigenvalue weighted by atomic mass is 9.71. The fourth-order valence-corrected chi connectivity index (χ4v) is 12.6. The van der Waals surface area contributed by atoms with Gasteiger partial charge in [0.15, 0.2) is 0 Å². The van der Waals surface area contributed by atoms with Gasteiger partial charge < -0.3 is 38.5 Å². The Balaban J connectivity index is 0.868. The molecule has 8 heterocycles. The molecule has 0 spiro atoms. The zero-order valence-corrected chi connectivity index (χ0v) is 44.1. The van der Waals surface area contributed by atoms with Gasteiger partial charge in [-0.1, -0.05) is 49.2 Å². The summed E-state index contributed by atoms with van der Waals surface area (Å²) in [6, 6.07) is 19.1. The van der Waals surface area contributed by atoms with E-state index in [0.29, 0.717) is 113 Å². The Hall–Kier alpha value is -5.05. The smallest absolute Gasteiger partial charge is 0.267 e. The molecule has 3 aromatic heterocycles. The average molecular weight is 1070 g/mol. The molecule has 0 saturated carbocycles. The molecule has 0 bridgehead atoms. The molecule has 2 atom stereocenters. The minimum Gasteiger partial charge on any atom is -0.476 e. The van der Waals surface area contributed by atoms with Crippen LogP contribution in [0, 0.1) is 5.41 Å². The molecule has 1 amide bonds. The van der Waals surface area contributed by atoms with E-state index in [9.17, 15) is 13.2 Å².